The van der Waals surface area contributed by atoms with Gasteiger partial charge in [0.2, 0.25) is 0 Å². The molecule has 0 unspecified atom stereocenters. The van der Waals surface area contributed by atoms with E-state index in [0.717, 1.165) is 38.5 Å². The summed E-state index contributed by atoms with van der Waals surface area (Å²) in [6.45, 7) is 3.28. The van der Waals surface area contributed by atoms with E-state index >= 15 is 0 Å². The van der Waals surface area contributed by atoms with Crippen LogP contribution in [0.2, 0.25) is 0 Å². The van der Waals surface area contributed by atoms with E-state index in [1.165, 1.54) is 51.4 Å². The Hall–Kier alpha value is -1.59. The maximum atomic E-state index is 12.5. The van der Waals surface area contributed by atoms with Crippen LogP contribution in [-0.4, -0.2) is 74.7 Å². The highest BCUT2D eigenvalue weighted by molar-refractivity contribution is 7.46. The molecule has 48 heavy (non-hydrogen) atoms. The van der Waals surface area contributed by atoms with E-state index in [-0.39, 0.29) is 31.1 Å². The molecule has 1 rings (SSSR count). The molecule has 5 N–H and O–H groups in total. The normalized spacial score (nSPS) is 21.2. The Morgan fingerprint density at radius 2 is 1.38 bits per heavy atom. The van der Waals surface area contributed by atoms with Crippen LogP contribution in [0.1, 0.15) is 142 Å². The van der Waals surface area contributed by atoms with Gasteiger partial charge in [0.15, 0.2) is 6.10 Å². The quantitative estimate of drug-likeness (QED) is 0.0238. The number of carbonyl (C=O) groups excluding carboxylic acids is 2. The molecule has 0 aromatic carbocycles. The highest BCUT2D eigenvalue weighted by atomic mass is 31.2. The molecule has 1 fully saturated rings. The van der Waals surface area contributed by atoms with Crippen LogP contribution in [0.5, 0.6) is 0 Å². The zero-order valence-corrected chi connectivity index (χ0v) is 30.4. The van der Waals surface area contributed by atoms with Crippen molar-refractivity contribution < 1.29 is 53.3 Å². The maximum Gasteiger partial charge on any atom is 0.469 e. The largest absolute Gasteiger partial charge is 0.469 e. The predicted octanol–water partition coefficient (Wildman–Crippen LogP) is 6.83. The molecule has 1 saturated carbocycles. The van der Waals surface area contributed by atoms with Crippen LogP contribution < -0.4 is 0 Å². The summed E-state index contributed by atoms with van der Waals surface area (Å²) in [6, 6.07) is 0. The van der Waals surface area contributed by atoms with Gasteiger partial charge < -0.3 is 34.6 Å². The first kappa shape index (κ1) is 44.4. The number of aliphatic hydroxyl groups excluding tert-OH is 3. The smallest absolute Gasteiger partial charge is 0.462 e. The second-order valence-corrected chi connectivity index (χ2v) is 14.4. The maximum absolute atomic E-state index is 12.5. The predicted molar refractivity (Wildman–Crippen MR) is 186 cm³/mol. The minimum Gasteiger partial charge on any atom is -0.462 e. The summed E-state index contributed by atoms with van der Waals surface area (Å²) in [5.41, 5.74) is 0. The van der Waals surface area contributed by atoms with Crippen molar-refractivity contribution in [3.05, 3.63) is 24.3 Å². The zero-order valence-electron chi connectivity index (χ0n) is 29.5. The molecule has 0 aromatic heterocycles. The lowest BCUT2D eigenvalue weighted by molar-refractivity contribution is -0.160. The van der Waals surface area contributed by atoms with Crippen molar-refractivity contribution in [1.82, 2.24) is 0 Å². The molecular formula is C36H65O11P. The number of esters is 2. The third-order valence-corrected chi connectivity index (χ3v) is 9.31. The topological polar surface area (TPSA) is 180 Å². The summed E-state index contributed by atoms with van der Waals surface area (Å²) >= 11 is 0. The fourth-order valence-corrected chi connectivity index (χ4v) is 6.35. The Labute approximate surface area is 288 Å². The second-order valence-electron chi connectivity index (χ2n) is 13.2. The van der Waals surface area contributed by atoms with Gasteiger partial charge in [-0.15, -0.1) is 0 Å². The number of unbranched alkanes of at least 4 members (excludes halogenated alkanes) is 13. The summed E-state index contributed by atoms with van der Waals surface area (Å²) in [6.07, 6.45) is 21.8. The summed E-state index contributed by atoms with van der Waals surface area (Å²) in [7, 11) is -4.84. The monoisotopic (exact) mass is 704 g/mol. The molecule has 0 aromatic rings. The first-order valence-electron chi connectivity index (χ1n) is 18.4. The molecule has 0 radical (unpaired) electrons. The summed E-state index contributed by atoms with van der Waals surface area (Å²) < 4.78 is 26.2. The Bertz CT molecular complexity index is 950. The van der Waals surface area contributed by atoms with E-state index in [1.54, 1.807) is 24.3 Å². The van der Waals surface area contributed by atoms with Gasteiger partial charge in [-0.1, -0.05) is 128 Å². The molecule has 0 saturated heterocycles. The van der Waals surface area contributed by atoms with Crippen molar-refractivity contribution >= 4 is 19.8 Å². The van der Waals surface area contributed by atoms with Gasteiger partial charge in [-0.3, -0.25) is 14.1 Å². The van der Waals surface area contributed by atoms with Gasteiger partial charge in [0, 0.05) is 18.8 Å². The van der Waals surface area contributed by atoms with Gasteiger partial charge in [-0.25, -0.2) is 4.57 Å². The van der Waals surface area contributed by atoms with Gasteiger partial charge in [-0.2, -0.15) is 0 Å². The number of aliphatic hydroxyl groups is 3. The van der Waals surface area contributed by atoms with Crippen molar-refractivity contribution in [2.24, 2.45) is 11.8 Å². The number of allylic oxidation sites excluding steroid dienone is 1. The van der Waals surface area contributed by atoms with Crippen LogP contribution in [0.15, 0.2) is 24.3 Å². The third-order valence-electron chi connectivity index (χ3n) is 8.83. The molecule has 0 amide bonds. The van der Waals surface area contributed by atoms with Crippen LogP contribution in [0.3, 0.4) is 0 Å². The molecule has 1 aliphatic rings. The van der Waals surface area contributed by atoms with Gasteiger partial charge in [-0.05, 0) is 25.2 Å². The standard InChI is InChI=1S/C36H65O11P/c1-3-5-7-8-9-10-11-12-13-14-15-17-22-35(40)45-27-30(28-46-48(42,43)44)47-36(41)23-19-18-21-31-32(34(39)26-33(31)38)25-24-29(37)20-16-6-4-2/h18-19,24-25,29-34,37-39H,3-17,20-23,26-28H2,1-2H3,(H2,42,43,44)/b19-18-,25-24+/t29-,30-,31+,32-,33+,34-/m1/s1. The third kappa shape index (κ3) is 22.9. The van der Waals surface area contributed by atoms with E-state index in [1.807, 2.05) is 0 Å². The molecule has 0 aliphatic heterocycles. The van der Waals surface area contributed by atoms with E-state index in [9.17, 15) is 29.5 Å². The SMILES string of the molecule is CCCCCCCCCCCCCCC(=O)OC[C@H](COP(=O)(O)O)OC(=O)C/C=C\C[C@H]1[C@@H](/C=C/[C@H](O)CCCCC)[C@H](O)C[C@@H]1O. The van der Waals surface area contributed by atoms with Gasteiger partial charge in [0.25, 0.3) is 0 Å². The van der Waals surface area contributed by atoms with Crippen molar-refractivity contribution in [3.63, 3.8) is 0 Å². The molecule has 1 aliphatic carbocycles. The number of phosphoric ester groups is 1. The van der Waals surface area contributed by atoms with Crippen molar-refractivity contribution in [3.8, 4) is 0 Å². The van der Waals surface area contributed by atoms with Crippen molar-refractivity contribution in [2.45, 2.75) is 167 Å². The summed E-state index contributed by atoms with van der Waals surface area (Å²) in [4.78, 5) is 42.9. The Morgan fingerprint density at radius 3 is 1.98 bits per heavy atom. The molecule has 280 valence electrons. The van der Waals surface area contributed by atoms with Crippen LogP contribution in [0, 0.1) is 11.8 Å². The lowest BCUT2D eigenvalue weighted by atomic mass is 9.89. The van der Waals surface area contributed by atoms with E-state index in [4.69, 9.17) is 19.3 Å². The number of carbonyl (C=O) groups is 2. The average molecular weight is 705 g/mol. The Kier molecular flexibility index (Phi) is 25.2. The van der Waals surface area contributed by atoms with Crippen molar-refractivity contribution in [2.75, 3.05) is 13.2 Å². The highest BCUT2D eigenvalue weighted by Gasteiger charge is 2.39. The first-order valence-corrected chi connectivity index (χ1v) is 19.9. The molecule has 0 heterocycles. The first-order chi connectivity index (χ1) is 23.0. The van der Waals surface area contributed by atoms with Crippen molar-refractivity contribution in [1.29, 1.82) is 0 Å². The van der Waals surface area contributed by atoms with Gasteiger partial charge in [0.1, 0.15) is 6.61 Å². The Morgan fingerprint density at radius 1 is 0.792 bits per heavy atom. The van der Waals surface area contributed by atoms with E-state index < -0.39 is 57.4 Å². The molecule has 6 atom stereocenters. The lowest BCUT2D eigenvalue weighted by Crippen LogP contribution is -2.29. The average Bonchev–Trinajstić information content (AvgIpc) is 3.30. The number of hydrogen-bond acceptors (Lipinski definition) is 9. The molecule has 0 bridgehead atoms. The molecule has 11 nitrogen and oxygen atoms in total. The number of hydrogen-bond donors (Lipinski definition) is 5. The Balaban J connectivity index is 2.43. The van der Waals surface area contributed by atoms with Crippen LogP contribution in [-0.2, 0) is 28.2 Å². The van der Waals surface area contributed by atoms with Gasteiger partial charge in [0.05, 0.1) is 31.3 Å². The highest BCUT2D eigenvalue weighted by Crippen LogP contribution is 2.37. The molecular weight excluding hydrogens is 639 g/mol. The summed E-state index contributed by atoms with van der Waals surface area (Å²) in [5, 5.41) is 31.1. The second kappa shape index (κ2) is 27.2. The molecule has 12 heteroatoms. The van der Waals surface area contributed by atoms with E-state index in [2.05, 4.69) is 18.4 Å². The fourth-order valence-electron chi connectivity index (χ4n) is 5.99. The number of ether oxygens (including phenoxy) is 2. The minimum atomic E-state index is -4.84. The minimum absolute atomic E-state index is 0.165. The van der Waals surface area contributed by atoms with Crippen LogP contribution in [0.4, 0.5) is 0 Å². The summed E-state index contributed by atoms with van der Waals surface area (Å²) in [5.74, 6) is -1.81. The molecule has 0 spiro atoms. The zero-order chi connectivity index (χ0) is 35.6. The number of phosphoric acid groups is 1. The van der Waals surface area contributed by atoms with Crippen LogP contribution >= 0.6 is 7.82 Å². The van der Waals surface area contributed by atoms with E-state index in [0.29, 0.717) is 19.3 Å². The van der Waals surface area contributed by atoms with Crippen LogP contribution in [0.25, 0.3) is 0 Å². The fraction of sp³-hybridized carbons (Fsp3) is 0.833. The number of rotatable bonds is 29. The lowest BCUT2D eigenvalue weighted by Gasteiger charge is -2.20. The van der Waals surface area contributed by atoms with Gasteiger partial charge >= 0.3 is 19.8 Å².